The molecule has 0 spiro atoms. The Morgan fingerprint density at radius 2 is 1.25 bits per heavy atom. The smallest absolute Gasteiger partial charge is 0.100 e. The second-order valence-corrected chi connectivity index (χ2v) is 6.85. The van der Waals surface area contributed by atoms with Gasteiger partial charge >= 0.3 is 0 Å². The summed E-state index contributed by atoms with van der Waals surface area (Å²) >= 11 is 0. The normalized spacial score (nSPS) is 13.0. The summed E-state index contributed by atoms with van der Waals surface area (Å²) in [4.78, 5) is 0. The van der Waals surface area contributed by atoms with E-state index in [9.17, 15) is 0 Å². The van der Waals surface area contributed by atoms with Gasteiger partial charge in [-0.25, -0.2) is 0 Å². The molecule has 3 nitrogen and oxygen atoms in total. The van der Waals surface area contributed by atoms with Gasteiger partial charge in [-0.05, 0) is 32.1 Å². The number of rotatable bonds is 19. The van der Waals surface area contributed by atoms with E-state index in [0.29, 0.717) is 6.61 Å². The third kappa shape index (κ3) is 19.7. The van der Waals surface area contributed by atoms with Crippen molar-refractivity contribution in [1.29, 1.82) is 0 Å². The Morgan fingerprint density at radius 1 is 0.750 bits per heavy atom. The van der Waals surface area contributed by atoms with Crippen LogP contribution in [0.25, 0.3) is 0 Å². The van der Waals surface area contributed by atoms with Crippen LogP contribution in [0, 0.1) is 0 Å². The van der Waals surface area contributed by atoms with Gasteiger partial charge in [0.25, 0.3) is 0 Å². The summed E-state index contributed by atoms with van der Waals surface area (Å²) in [6, 6.07) is 0. The molecule has 0 radical (unpaired) electrons. The number of hydrogen-bond acceptors (Lipinski definition) is 3. The minimum Gasteiger partial charge on any atom is -0.394 e. The molecule has 0 aliphatic carbocycles. The quantitative estimate of drug-likeness (QED) is 0.244. The molecule has 0 rings (SSSR count). The molecule has 0 aliphatic rings. The van der Waals surface area contributed by atoms with E-state index in [1.54, 1.807) is 0 Å². The van der Waals surface area contributed by atoms with Crippen molar-refractivity contribution in [2.45, 2.75) is 103 Å². The fourth-order valence-electron chi connectivity index (χ4n) is 2.72. The van der Waals surface area contributed by atoms with Crippen molar-refractivity contribution in [2.75, 3.05) is 19.8 Å². The minimum absolute atomic E-state index is 0.215. The van der Waals surface area contributed by atoms with Gasteiger partial charge in [-0.15, -0.1) is 0 Å². The van der Waals surface area contributed by atoms with E-state index < -0.39 is 6.10 Å². The molecule has 2 N–H and O–H groups in total. The average molecular weight is 343 g/mol. The molecule has 1 atom stereocenters. The molecule has 0 saturated heterocycles. The molecule has 1 unspecified atom stereocenters. The van der Waals surface area contributed by atoms with Crippen LogP contribution < -0.4 is 0 Å². The highest BCUT2D eigenvalue weighted by Gasteiger charge is 2.00. The van der Waals surface area contributed by atoms with Gasteiger partial charge in [-0.3, -0.25) is 0 Å². The van der Waals surface area contributed by atoms with E-state index in [4.69, 9.17) is 14.9 Å². The standard InChI is InChI=1S/C21H42O3/c1-2-3-4-5-6-7-8-9-10-11-12-13-14-15-16-17-18-24-20-21(23)19-22/h9-10,21-23H,2-8,11-20H2,1H3. The van der Waals surface area contributed by atoms with E-state index in [1.807, 2.05) is 0 Å². The van der Waals surface area contributed by atoms with Crippen LogP contribution in [0.15, 0.2) is 12.2 Å². The van der Waals surface area contributed by atoms with E-state index in [0.717, 1.165) is 6.42 Å². The van der Waals surface area contributed by atoms with Crippen LogP contribution in [-0.2, 0) is 4.74 Å². The first-order valence-corrected chi connectivity index (χ1v) is 10.3. The molecule has 0 aromatic heterocycles. The number of allylic oxidation sites excluding steroid dienone is 2. The second-order valence-electron chi connectivity index (χ2n) is 6.85. The summed E-state index contributed by atoms with van der Waals surface area (Å²) in [6.07, 6.45) is 22.3. The fraction of sp³-hybridized carbons (Fsp3) is 0.905. The van der Waals surface area contributed by atoms with Gasteiger partial charge in [-0.2, -0.15) is 0 Å². The van der Waals surface area contributed by atoms with Crippen molar-refractivity contribution in [2.24, 2.45) is 0 Å². The van der Waals surface area contributed by atoms with Gasteiger partial charge in [0.1, 0.15) is 6.10 Å². The Morgan fingerprint density at radius 3 is 1.79 bits per heavy atom. The second kappa shape index (κ2) is 20.7. The Kier molecular flexibility index (Phi) is 20.3. The van der Waals surface area contributed by atoms with Crippen LogP contribution in [0.4, 0.5) is 0 Å². The molecule has 0 bridgehead atoms. The summed E-state index contributed by atoms with van der Waals surface area (Å²) < 4.78 is 5.29. The third-order valence-corrected chi connectivity index (χ3v) is 4.32. The van der Waals surface area contributed by atoms with Crippen LogP contribution >= 0.6 is 0 Å². The number of aliphatic hydroxyl groups is 2. The van der Waals surface area contributed by atoms with Crippen molar-refractivity contribution >= 4 is 0 Å². The van der Waals surface area contributed by atoms with Gasteiger partial charge in [-0.1, -0.05) is 76.9 Å². The van der Waals surface area contributed by atoms with Crippen molar-refractivity contribution < 1.29 is 14.9 Å². The molecular formula is C21H42O3. The van der Waals surface area contributed by atoms with Crippen LogP contribution in [0.2, 0.25) is 0 Å². The zero-order valence-corrected chi connectivity index (χ0v) is 16.1. The first-order valence-electron chi connectivity index (χ1n) is 10.3. The fourth-order valence-corrected chi connectivity index (χ4v) is 2.72. The molecule has 0 aromatic carbocycles. The Bertz CT molecular complexity index is 253. The number of aliphatic hydroxyl groups excluding tert-OH is 2. The topological polar surface area (TPSA) is 49.7 Å². The van der Waals surface area contributed by atoms with Crippen LogP contribution in [0.5, 0.6) is 0 Å². The van der Waals surface area contributed by atoms with Crippen molar-refractivity contribution in [3.63, 3.8) is 0 Å². The number of unbranched alkanes of at least 4 members (excludes halogenated alkanes) is 12. The lowest BCUT2D eigenvalue weighted by Crippen LogP contribution is -2.19. The zero-order valence-electron chi connectivity index (χ0n) is 16.1. The Balaban J connectivity index is 3.08. The Hall–Kier alpha value is -0.380. The maximum absolute atomic E-state index is 9.11. The summed E-state index contributed by atoms with van der Waals surface area (Å²) in [5, 5.41) is 17.8. The molecule has 0 fully saturated rings. The molecule has 144 valence electrons. The van der Waals surface area contributed by atoms with Gasteiger partial charge in [0.15, 0.2) is 0 Å². The lowest BCUT2D eigenvalue weighted by Gasteiger charge is -2.07. The lowest BCUT2D eigenvalue weighted by atomic mass is 10.1. The molecular weight excluding hydrogens is 300 g/mol. The highest BCUT2D eigenvalue weighted by atomic mass is 16.5. The van der Waals surface area contributed by atoms with Gasteiger partial charge in [0.05, 0.1) is 13.2 Å². The summed E-state index contributed by atoms with van der Waals surface area (Å²) in [5.74, 6) is 0. The monoisotopic (exact) mass is 342 g/mol. The molecule has 0 heterocycles. The van der Waals surface area contributed by atoms with Gasteiger partial charge < -0.3 is 14.9 Å². The van der Waals surface area contributed by atoms with E-state index in [2.05, 4.69) is 19.1 Å². The molecule has 0 amide bonds. The van der Waals surface area contributed by atoms with Crippen LogP contribution in [0.1, 0.15) is 96.8 Å². The molecule has 24 heavy (non-hydrogen) atoms. The van der Waals surface area contributed by atoms with Gasteiger partial charge in [0, 0.05) is 6.61 Å². The predicted octanol–water partition coefficient (Wildman–Crippen LogP) is 5.39. The van der Waals surface area contributed by atoms with Crippen molar-refractivity contribution in [3.05, 3.63) is 12.2 Å². The SMILES string of the molecule is CCCCCCCCC=CCCCCCCCCOCC(O)CO. The predicted molar refractivity (Wildman–Crippen MR) is 103 cm³/mol. The Labute approximate surface area is 150 Å². The van der Waals surface area contributed by atoms with E-state index >= 15 is 0 Å². The molecule has 0 aromatic rings. The summed E-state index contributed by atoms with van der Waals surface area (Å²) in [6.45, 7) is 3.00. The molecule has 3 heteroatoms. The van der Waals surface area contributed by atoms with Crippen molar-refractivity contribution in [3.8, 4) is 0 Å². The minimum atomic E-state index is -0.723. The maximum atomic E-state index is 9.11. The third-order valence-electron chi connectivity index (χ3n) is 4.32. The average Bonchev–Trinajstić information content (AvgIpc) is 2.60. The van der Waals surface area contributed by atoms with Crippen LogP contribution in [-0.4, -0.2) is 36.1 Å². The summed E-state index contributed by atoms with van der Waals surface area (Å²) in [7, 11) is 0. The number of hydrogen-bond donors (Lipinski definition) is 2. The molecule has 0 aliphatic heterocycles. The van der Waals surface area contributed by atoms with Crippen molar-refractivity contribution in [1.82, 2.24) is 0 Å². The number of ether oxygens (including phenoxy) is 1. The summed E-state index contributed by atoms with van der Waals surface area (Å²) in [5.41, 5.74) is 0. The lowest BCUT2D eigenvalue weighted by molar-refractivity contribution is 0.00526. The zero-order chi connectivity index (χ0) is 17.7. The van der Waals surface area contributed by atoms with E-state index in [1.165, 1.54) is 83.5 Å². The highest BCUT2D eigenvalue weighted by molar-refractivity contribution is 4.81. The first-order chi connectivity index (χ1) is 11.8. The molecule has 0 saturated carbocycles. The highest BCUT2D eigenvalue weighted by Crippen LogP contribution is 2.10. The largest absolute Gasteiger partial charge is 0.394 e. The van der Waals surface area contributed by atoms with Crippen LogP contribution in [0.3, 0.4) is 0 Å². The first kappa shape index (κ1) is 23.6. The maximum Gasteiger partial charge on any atom is 0.100 e. The van der Waals surface area contributed by atoms with Gasteiger partial charge in [0.2, 0.25) is 0 Å². The van der Waals surface area contributed by atoms with E-state index in [-0.39, 0.29) is 13.2 Å².